The lowest BCUT2D eigenvalue weighted by atomic mass is 9.73. The molecule has 3 aromatic rings. The quantitative estimate of drug-likeness (QED) is 0.649. The number of benzene rings is 2. The minimum absolute atomic E-state index is 0.0152. The van der Waals surface area contributed by atoms with Crippen molar-refractivity contribution in [3.05, 3.63) is 78.1 Å². The minimum Gasteiger partial charge on any atom is -0.356 e. The first-order valence-corrected chi connectivity index (χ1v) is 11.2. The van der Waals surface area contributed by atoms with Crippen LogP contribution in [-0.2, 0) is 18.3 Å². The smallest absolute Gasteiger partial charge is 0.274 e. The van der Waals surface area contributed by atoms with Crippen molar-refractivity contribution in [2.24, 2.45) is 12.5 Å². The van der Waals surface area contributed by atoms with Gasteiger partial charge in [0, 0.05) is 32.9 Å². The molecule has 1 saturated heterocycles. The Morgan fingerprint density at radius 3 is 2.53 bits per heavy atom. The van der Waals surface area contributed by atoms with E-state index in [2.05, 4.69) is 34.7 Å². The number of aryl methyl sites for hydroxylation is 1. The first-order chi connectivity index (χ1) is 15.5. The summed E-state index contributed by atoms with van der Waals surface area (Å²) in [6.07, 6.45) is 3.87. The van der Waals surface area contributed by atoms with Crippen molar-refractivity contribution >= 4 is 11.8 Å². The van der Waals surface area contributed by atoms with Crippen molar-refractivity contribution in [3.8, 4) is 11.1 Å². The van der Waals surface area contributed by atoms with Gasteiger partial charge >= 0.3 is 0 Å². The molecular weight excluding hydrogens is 400 g/mol. The molecule has 4 rings (SSSR count). The molecule has 2 heterocycles. The molecule has 6 nitrogen and oxygen atoms in total. The topological polar surface area (TPSA) is 67.2 Å². The lowest BCUT2D eigenvalue weighted by Crippen LogP contribution is -2.54. The first kappa shape index (κ1) is 21.8. The van der Waals surface area contributed by atoms with Gasteiger partial charge in [0.05, 0.1) is 5.41 Å². The van der Waals surface area contributed by atoms with Gasteiger partial charge in [-0.3, -0.25) is 14.3 Å². The molecule has 6 heteroatoms. The molecule has 1 unspecified atom stereocenters. The molecule has 0 spiro atoms. The second kappa shape index (κ2) is 9.39. The van der Waals surface area contributed by atoms with Gasteiger partial charge in [0.25, 0.3) is 5.91 Å². The number of hydrogen-bond acceptors (Lipinski definition) is 3. The van der Waals surface area contributed by atoms with Crippen molar-refractivity contribution in [2.75, 3.05) is 19.6 Å². The van der Waals surface area contributed by atoms with E-state index in [0.29, 0.717) is 31.7 Å². The second-order valence-electron chi connectivity index (χ2n) is 8.54. The average Bonchev–Trinajstić information content (AvgIpc) is 3.26. The average molecular weight is 431 g/mol. The zero-order chi connectivity index (χ0) is 22.6. The summed E-state index contributed by atoms with van der Waals surface area (Å²) >= 11 is 0. The van der Waals surface area contributed by atoms with Gasteiger partial charge in [0.1, 0.15) is 5.69 Å². The summed E-state index contributed by atoms with van der Waals surface area (Å²) in [4.78, 5) is 28.4. The summed E-state index contributed by atoms with van der Waals surface area (Å²) in [6.45, 7) is 3.52. The first-order valence-electron chi connectivity index (χ1n) is 11.2. The van der Waals surface area contributed by atoms with Crippen molar-refractivity contribution in [1.82, 2.24) is 20.0 Å². The van der Waals surface area contributed by atoms with Crippen LogP contribution in [0.1, 0.15) is 35.8 Å². The number of rotatable bonds is 6. The highest BCUT2D eigenvalue weighted by Gasteiger charge is 2.44. The maximum absolute atomic E-state index is 13.4. The minimum atomic E-state index is -0.677. The standard InChI is InChI=1S/C26H30N4O2/c1-3-27-25(32)26(15-9-16-30(19-26)24(31)23-14-17-29(2)28-23)18-21-12-7-8-13-22(21)20-10-5-4-6-11-20/h4-8,10-14,17H,3,9,15-16,18-19H2,1-2H3,(H,27,32). The van der Waals surface area contributed by atoms with Crippen LogP contribution in [0.5, 0.6) is 0 Å². The molecular formula is C26H30N4O2. The molecule has 1 atom stereocenters. The fourth-order valence-corrected chi connectivity index (χ4v) is 4.69. The maximum atomic E-state index is 13.4. The maximum Gasteiger partial charge on any atom is 0.274 e. The molecule has 32 heavy (non-hydrogen) atoms. The largest absolute Gasteiger partial charge is 0.356 e. The van der Waals surface area contributed by atoms with E-state index >= 15 is 0 Å². The van der Waals surface area contributed by atoms with E-state index in [-0.39, 0.29) is 11.8 Å². The molecule has 0 bridgehead atoms. The van der Waals surface area contributed by atoms with Gasteiger partial charge in [0.15, 0.2) is 0 Å². The number of nitrogens with zero attached hydrogens (tertiary/aromatic N) is 3. The Morgan fingerprint density at radius 1 is 1.06 bits per heavy atom. The molecule has 1 aromatic heterocycles. The number of likely N-dealkylation sites (tertiary alicyclic amines) is 1. The third-order valence-corrected chi connectivity index (χ3v) is 6.25. The molecule has 166 valence electrons. The molecule has 0 aliphatic carbocycles. The van der Waals surface area contributed by atoms with Crippen molar-refractivity contribution in [2.45, 2.75) is 26.2 Å². The van der Waals surface area contributed by atoms with Crippen LogP contribution in [-0.4, -0.2) is 46.1 Å². The second-order valence-corrected chi connectivity index (χ2v) is 8.54. The summed E-state index contributed by atoms with van der Waals surface area (Å²) in [5, 5.41) is 7.32. The van der Waals surface area contributed by atoms with Crippen LogP contribution in [0.15, 0.2) is 66.9 Å². The van der Waals surface area contributed by atoms with Crippen LogP contribution in [0.4, 0.5) is 0 Å². The Morgan fingerprint density at radius 2 is 1.81 bits per heavy atom. The fraction of sp³-hybridized carbons (Fsp3) is 0.346. The van der Waals surface area contributed by atoms with E-state index in [1.807, 2.05) is 37.3 Å². The van der Waals surface area contributed by atoms with Crippen LogP contribution in [0.2, 0.25) is 0 Å². The lowest BCUT2D eigenvalue weighted by molar-refractivity contribution is -0.133. The number of aromatic nitrogens is 2. The predicted molar refractivity (Wildman–Crippen MR) is 125 cm³/mol. The number of hydrogen-bond donors (Lipinski definition) is 1. The Labute approximate surface area is 189 Å². The summed E-state index contributed by atoms with van der Waals surface area (Å²) in [6, 6.07) is 20.2. The number of nitrogens with one attached hydrogen (secondary N) is 1. The third kappa shape index (κ3) is 4.44. The van der Waals surface area contributed by atoms with E-state index in [0.717, 1.165) is 29.5 Å². The Hall–Kier alpha value is -3.41. The highest BCUT2D eigenvalue weighted by atomic mass is 16.2. The van der Waals surface area contributed by atoms with Gasteiger partial charge in [-0.1, -0.05) is 54.6 Å². The lowest BCUT2D eigenvalue weighted by Gasteiger charge is -2.42. The van der Waals surface area contributed by atoms with Crippen molar-refractivity contribution in [3.63, 3.8) is 0 Å². The van der Waals surface area contributed by atoms with E-state index in [4.69, 9.17) is 0 Å². The van der Waals surface area contributed by atoms with Crippen LogP contribution < -0.4 is 5.32 Å². The number of amides is 2. The monoisotopic (exact) mass is 430 g/mol. The fourth-order valence-electron chi connectivity index (χ4n) is 4.69. The Bertz CT molecular complexity index is 1090. The van der Waals surface area contributed by atoms with E-state index in [1.165, 1.54) is 0 Å². The number of piperidine rings is 1. The van der Waals surface area contributed by atoms with Gasteiger partial charge < -0.3 is 10.2 Å². The molecule has 1 N–H and O–H groups in total. The molecule has 1 aliphatic rings. The predicted octanol–water partition coefficient (Wildman–Crippen LogP) is 3.69. The van der Waals surface area contributed by atoms with Gasteiger partial charge in [0.2, 0.25) is 5.91 Å². The molecule has 0 saturated carbocycles. The third-order valence-electron chi connectivity index (χ3n) is 6.25. The summed E-state index contributed by atoms with van der Waals surface area (Å²) in [7, 11) is 1.80. The Balaban J connectivity index is 1.67. The highest BCUT2D eigenvalue weighted by molar-refractivity contribution is 5.93. The van der Waals surface area contributed by atoms with E-state index in [1.54, 1.807) is 28.9 Å². The van der Waals surface area contributed by atoms with Gasteiger partial charge in [-0.05, 0) is 48.9 Å². The number of carbonyl (C=O) groups is 2. The normalized spacial score (nSPS) is 18.4. The molecule has 0 radical (unpaired) electrons. The zero-order valence-electron chi connectivity index (χ0n) is 18.8. The Kier molecular flexibility index (Phi) is 6.40. The summed E-state index contributed by atoms with van der Waals surface area (Å²) in [5.74, 6) is -0.100. The van der Waals surface area contributed by atoms with Crippen LogP contribution >= 0.6 is 0 Å². The van der Waals surface area contributed by atoms with Gasteiger partial charge in [-0.2, -0.15) is 5.10 Å². The highest BCUT2D eigenvalue weighted by Crippen LogP contribution is 2.37. The number of carbonyl (C=O) groups excluding carboxylic acids is 2. The summed E-state index contributed by atoms with van der Waals surface area (Å²) in [5.41, 5.74) is 3.13. The van der Waals surface area contributed by atoms with Crippen molar-refractivity contribution < 1.29 is 9.59 Å². The van der Waals surface area contributed by atoms with Crippen LogP contribution in [0.3, 0.4) is 0 Å². The van der Waals surface area contributed by atoms with E-state index < -0.39 is 5.41 Å². The summed E-state index contributed by atoms with van der Waals surface area (Å²) < 4.78 is 1.63. The SMILES string of the molecule is CCNC(=O)C1(Cc2ccccc2-c2ccccc2)CCCN(C(=O)c2ccn(C)n2)C1. The molecule has 1 aliphatic heterocycles. The zero-order valence-corrected chi connectivity index (χ0v) is 18.8. The van der Waals surface area contributed by atoms with Crippen LogP contribution in [0.25, 0.3) is 11.1 Å². The van der Waals surface area contributed by atoms with E-state index in [9.17, 15) is 9.59 Å². The molecule has 2 aromatic carbocycles. The van der Waals surface area contributed by atoms with Gasteiger partial charge in [-0.15, -0.1) is 0 Å². The molecule has 1 fully saturated rings. The van der Waals surface area contributed by atoms with Crippen molar-refractivity contribution in [1.29, 1.82) is 0 Å². The van der Waals surface area contributed by atoms with Gasteiger partial charge in [-0.25, -0.2) is 0 Å². The molecule has 2 amide bonds. The van der Waals surface area contributed by atoms with Crippen LogP contribution in [0, 0.1) is 5.41 Å².